The van der Waals surface area contributed by atoms with Gasteiger partial charge in [-0.3, -0.25) is 0 Å². The summed E-state index contributed by atoms with van der Waals surface area (Å²) in [5.41, 5.74) is 0.589. The Bertz CT molecular complexity index is 524. The first kappa shape index (κ1) is 13.9. The standard InChI is InChI=1S/C11H19N3O2S2/c1-7-6-12-5-4-10(7)14-18(15,16)11-8(2)13-9(3)17-11/h7,10,12,14H,4-6H2,1-3H3. The van der Waals surface area contributed by atoms with E-state index in [1.54, 1.807) is 6.92 Å². The van der Waals surface area contributed by atoms with Gasteiger partial charge in [0.1, 0.15) is 0 Å². The van der Waals surface area contributed by atoms with Crippen molar-refractivity contribution < 1.29 is 8.42 Å². The maximum atomic E-state index is 12.3. The molecule has 2 N–H and O–H groups in total. The van der Waals surface area contributed by atoms with Gasteiger partial charge in [-0.15, -0.1) is 11.3 Å². The van der Waals surface area contributed by atoms with E-state index in [1.807, 2.05) is 6.92 Å². The molecule has 18 heavy (non-hydrogen) atoms. The Kier molecular flexibility index (Phi) is 4.05. The fourth-order valence-electron chi connectivity index (χ4n) is 2.20. The molecule has 102 valence electrons. The van der Waals surface area contributed by atoms with Crippen LogP contribution < -0.4 is 10.0 Å². The average molecular weight is 289 g/mol. The van der Waals surface area contributed by atoms with E-state index in [4.69, 9.17) is 0 Å². The lowest BCUT2D eigenvalue weighted by Gasteiger charge is -2.29. The molecule has 0 aromatic carbocycles. The number of rotatable bonds is 3. The molecule has 0 aliphatic carbocycles. The second kappa shape index (κ2) is 5.24. The van der Waals surface area contributed by atoms with Gasteiger partial charge in [0.2, 0.25) is 0 Å². The summed E-state index contributed by atoms with van der Waals surface area (Å²) in [4.78, 5) is 4.18. The van der Waals surface area contributed by atoms with Gasteiger partial charge in [0.05, 0.1) is 10.7 Å². The zero-order valence-electron chi connectivity index (χ0n) is 10.9. The van der Waals surface area contributed by atoms with E-state index in [-0.39, 0.29) is 6.04 Å². The third-order valence-corrected chi connectivity index (χ3v) is 6.37. The lowest BCUT2D eigenvalue weighted by atomic mass is 9.97. The predicted molar refractivity (Wildman–Crippen MR) is 72.3 cm³/mol. The molecule has 0 amide bonds. The van der Waals surface area contributed by atoms with Crippen LogP contribution >= 0.6 is 11.3 Å². The fourth-order valence-corrected chi connectivity index (χ4v) is 5.08. The van der Waals surface area contributed by atoms with Crippen molar-refractivity contribution in [2.24, 2.45) is 5.92 Å². The van der Waals surface area contributed by atoms with Crippen molar-refractivity contribution in [2.45, 2.75) is 37.4 Å². The van der Waals surface area contributed by atoms with E-state index in [0.29, 0.717) is 15.8 Å². The summed E-state index contributed by atoms with van der Waals surface area (Å²) in [5.74, 6) is 0.308. The summed E-state index contributed by atoms with van der Waals surface area (Å²) < 4.78 is 27.8. The number of hydrogen-bond acceptors (Lipinski definition) is 5. The van der Waals surface area contributed by atoms with Gasteiger partial charge in [-0.2, -0.15) is 0 Å². The predicted octanol–water partition coefficient (Wildman–Crippen LogP) is 1.04. The third-order valence-electron chi connectivity index (χ3n) is 3.20. The highest BCUT2D eigenvalue weighted by molar-refractivity contribution is 7.91. The van der Waals surface area contributed by atoms with Gasteiger partial charge in [-0.05, 0) is 39.3 Å². The molecule has 0 bridgehead atoms. The molecule has 1 fully saturated rings. The first-order chi connectivity index (χ1) is 8.40. The van der Waals surface area contributed by atoms with Gasteiger partial charge in [0.25, 0.3) is 10.0 Å². The number of aryl methyl sites for hydroxylation is 2. The number of nitrogens with one attached hydrogen (secondary N) is 2. The molecule has 0 radical (unpaired) electrons. The minimum absolute atomic E-state index is 0.0121. The molecular weight excluding hydrogens is 270 g/mol. The van der Waals surface area contributed by atoms with Crippen LogP contribution in [0.1, 0.15) is 24.0 Å². The Labute approximate surface area is 112 Å². The highest BCUT2D eigenvalue weighted by atomic mass is 32.2. The second-order valence-electron chi connectivity index (χ2n) is 4.80. The van der Waals surface area contributed by atoms with Gasteiger partial charge >= 0.3 is 0 Å². The Balaban J connectivity index is 2.19. The maximum Gasteiger partial charge on any atom is 0.252 e. The van der Waals surface area contributed by atoms with Crippen molar-refractivity contribution in [2.75, 3.05) is 13.1 Å². The van der Waals surface area contributed by atoms with Gasteiger partial charge < -0.3 is 5.32 Å². The molecule has 1 aromatic rings. The van der Waals surface area contributed by atoms with Crippen LogP contribution in [0.4, 0.5) is 0 Å². The molecule has 2 rings (SSSR count). The molecular formula is C11H19N3O2S2. The van der Waals surface area contributed by atoms with E-state index in [1.165, 1.54) is 11.3 Å². The van der Waals surface area contributed by atoms with Crippen LogP contribution in [0.2, 0.25) is 0 Å². The van der Waals surface area contributed by atoms with E-state index >= 15 is 0 Å². The Morgan fingerprint density at radius 3 is 2.72 bits per heavy atom. The Morgan fingerprint density at radius 1 is 1.44 bits per heavy atom. The maximum absolute atomic E-state index is 12.3. The van der Waals surface area contributed by atoms with Crippen LogP contribution in [-0.4, -0.2) is 32.5 Å². The molecule has 1 aliphatic heterocycles. The highest BCUT2D eigenvalue weighted by Crippen LogP contribution is 2.24. The molecule has 1 aliphatic rings. The van der Waals surface area contributed by atoms with Crippen LogP contribution in [0.15, 0.2) is 4.21 Å². The van der Waals surface area contributed by atoms with E-state index in [0.717, 1.165) is 24.5 Å². The largest absolute Gasteiger partial charge is 0.316 e. The van der Waals surface area contributed by atoms with Gasteiger partial charge in [0, 0.05) is 6.04 Å². The summed E-state index contributed by atoms with van der Waals surface area (Å²) in [6.07, 6.45) is 0.831. The van der Waals surface area contributed by atoms with Crippen molar-refractivity contribution in [3.8, 4) is 0 Å². The van der Waals surface area contributed by atoms with Crippen LogP contribution in [-0.2, 0) is 10.0 Å². The normalized spacial score (nSPS) is 25.3. The van der Waals surface area contributed by atoms with Gasteiger partial charge in [-0.1, -0.05) is 6.92 Å². The molecule has 2 atom stereocenters. The number of aromatic nitrogens is 1. The number of nitrogens with zero attached hydrogens (tertiary/aromatic N) is 1. The van der Waals surface area contributed by atoms with Crippen LogP contribution in [0.25, 0.3) is 0 Å². The summed E-state index contributed by atoms with van der Waals surface area (Å²) in [5, 5.41) is 4.04. The van der Waals surface area contributed by atoms with Gasteiger partial charge in [0.15, 0.2) is 4.21 Å². The highest BCUT2D eigenvalue weighted by Gasteiger charge is 2.28. The van der Waals surface area contributed by atoms with Crippen molar-refractivity contribution in [1.29, 1.82) is 0 Å². The Hall–Kier alpha value is -0.500. The molecule has 1 aromatic heterocycles. The van der Waals surface area contributed by atoms with E-state index in [2.05, 4.69) is 21.9 Å². The van der Waals surface area contributed by atoms with E-state index < -0.39 is 10.0 Å². The number of hydrogen-bond donors (Lipinski definition) is 2. The monoisotopic (exact) mass is 289 g/mol. The second-order valence-corrected chi connectivity index (χ2v) is 7.92. The van der Waals surface area contributed by atoms with E-state index in [9.17, 15) is 8.42 Å². The molecule has 0 spiro atoms. The lowest BCUT2D eigenvalue weighted by molar-refractivity contribution is 0.328. The summed E-state index contributed by atoms with van der Waals surface area (Å²) in [7, 11) is -3.42. The van der Waals surface area contributed by atoms with Crippen molar-refractivity contribution in [1.82, 2.24) is 15.0 Å². The van der Waals surface area contributed by atoms with Crippen LogP contribution in [0.5, 0.6) is 0 Å². The number of sulfonamides is 1. The van der Waals surface area contributed by atoms with Crippen molar-refractivity contribution in [3.63, 3.8) is 0 Å². The minimum Gasteiger partial charge on any atom is -0.316 e. The molecule has 2 heterocycles. The van der Waals surface area contributed by atoms with Crippen molar-refractivity contribution in [3.05, 3.63) is 10.7 Å². The molecule has 2 unspecified atom stereocenters. The fraction of sp³-hybridized carbons (Fsp3) is 0.727. The molecule has 5 nitrogen and oxygen atoms in total. The molecule has 7 heteroatoms. The minimum atomic E-state index is -3.42. The first-order valence-corrected chi connectivity index (χ1v) is 8.37. The van der Waals surface area contributed by atoms with Crippen molar-refractivity contribution >= 4 is 21.4 Å². The molecule has 0 saturated carbocycles. The average Bonchev–Trinajstić information content (AvgIpc) is 2.62. The SMILES string of the molecule is Cc1nc(C)c(S(=O)(=O)NC2CCNCC2C)s1. The number of piperidine rings is 1. The Morgan fingerprint density at radius 2 is 2.17 bits per heavy atom. The number of thiazole rings is 1. The topological polar surface area (TPSA) is 71.1 Å². The van der Waals surface area contributed by atoms with Crippen LogP contribution in [0, 0.1) is 19.8 Å². The zero-order valence-corrected chi connectivity index (χ0v) is 12.5. The third kappa shape index (κ3) is 2.90. The summed E-state index contributed by atoms with van der Waals surface area (Å²) in [6, 6.07) is 0.0121. The first-order valence-electron chi connectivity index (χ1n) is 6.07. The van der Waals surface area contributed by atoms with Crippen LogP contribution in [0.3, 0.4) is 0 Å². The van der Waals surface area contributed by atoms with Gasteiger partial charge in [-0.25, -0.2) is 18.1 Å². The lowest BCUT2D eigenvalue weighted by Crippen LogP contribution is -2.48. The summed E-state index contributed by atoms with van der Waals surface area (Å²) in [6.45, 7) is 7.34. The smallest absolute Gasteiger partial charge is 0.252 e. The summed E-state index contributed by atoms with van der Waals surface area (Å²) >= 11 is 1.23. The quantitative estimate of drug-likeness (QED) is 0.872. The molecule has 1 saturated heterocycles. The zero-order chi connectivity index (χ0) is 13.3.